The molecule has 0 aliphatic heterocycles. The van der Waals surface area contributed by atoms with Crippen LogP contribution in [0.5, 0.6) is 0 Å². The highest BCUT2D eigenvalue weighted by Gasteiger charge is 2.01. The quantitative estimate of drug-likeness (QED) is 0.594. The van der Waals surface area contributed by atoms with E-state index in [4.69, 9.17) is 4.74 Å². The van der Waals surface area contributed by atoms with Crippen LogP contribution in [0.4, 0.5) is 0 Å². The van der Waals surface area contributed by atoms with Gasteiger partial charge in [-0.2, -0.15) is 0 Å². The van der Waals surface area contributed by atoms with E-state index in [-0.39, 0.29) is 6.10 Å². The summed E-state index contributed by atoms with van der Waals surface area (Å²) in [5.41, 5.74) is 0. The number of rotatable bonds is 9. The van der Waals surface area contributed by atoms with Gasteiger partial charge >= 0.3 is 0 Å². The number of aliphatic hydroxyl groups excluding tert-OH is 1. The topological polar surface area (TPSA) is 59.3 Å². The van der Waals surface area contributed by atoms with E-state index in [2.05, 4.69) is 14.9 Å². The zero-order chi connectivity index (χ0) is 11.6. The van der Waals surface area contributed by atoms with Gasteiger partial charge in [0.05, 0.1) is 19.0 Å². The largest absolute Gasteiger partial charge is 0.391 e. The van der Waals surface area contributed by atoms with Crippen LogP contribution in [0.25, 0.3) is 0 Å². The maximum absolute atomic E-state index is 9.38. The molecule has 2 N–H and O–H groups in total. The zero-order valence-corrected chi connectivity index (χ0v) is 9.80. The Kier molecular flexibility index (Phi) is 6.80. The molecule has 0 bridgehead atoms. The van der Waals surface area contributed by atoms with Gasteiger partial charge in [-0.1, -0.05) is 0 Å². The lowest BCUT2D eigenvalue weighted by atomic mass is 10.2. The van der Waals surface area contributed by atoms with Gasteiger partial charge in [0.2, 0.25) is 0 Å². The van der Waals surface area contributed by atoms with Crippen LogP contribution in [-0.4, -0.2) is 47.6 Å². The maximum Gasteiger partial charge on any atom is 0.0945 e. The first-order valence-electron chi connectivity index (χ1n) is 5.66. The number of hydrogen-bond donors (Lipinski definition) is 2. The average Bonchev–Trinajstić information content (AvgIpc) is 2.76. The molecule has 1 aromatic rings. The van der Waals surface area contributed by atoms with E-state index < -0.39 is 0 Å². The number of nitrogens with one attached hydrogen (secondary N) is 1. The van der Waals surface area contributed by atoms with E-state index >= 15 is 0 Å². The molecule has 0 saturated carbocycles. The molecule has 0 amide bonds. The summed E-state index contributed by atoms with van der Waals surface area (Å²) >= 11 is 0. The first kappa shape index (κ1) is 13.2. The van der Waals surface area contributed by atoms with Crippen LogP contribution in [-0.2, 0) is 11.3 Å². The second kappa shape index (κ2) is 8.27. The molecule has 1 aromatic heterocycles. The zero-order valence-electron chi connectivity index (χ0n) is 9.80. The summed E-state index contributed by atoms with van der Waals surface area (Å²) in [6.07, 6.45) is 7.01. The highest BCUT2D eigenvalue weighted by Crippen LogP contribution is 1.91. The van der Waals surface area contributed by atoms with Crippen molar-refractivity contribution in [2.75, 3.05) is 26.8 Å². The van der Waals surface area contributed by atoms with Crippen molar-refractivity contribution in [3.63, 3.8) is 0 Å². The lowest BCUT2D eigenvalue weighted by Gasteiger charge is -2.10. The van der Waals surface area contributed by atoms with Crippen molar-refractivity contribution in [3.8, 4) is 0 Å². The van der Waals surface area contributed by atoms with E-state index in [1.807, 2.05) is 12.5 Å². The lowest BCUT2D eigenvalue weighted by molar-refractivity contribution is 0.0594. The summed E-state index contributed by atoms with van der Waals surface area (Å²) in [6, 6.07) is 0. The van der Waals surface area contributed by atoms with E-state index in [1.54, 1.807) is 13.3 Å². The number of imidazole rings is 1. The normalized spacial score (nSPS) is 12.9. The fourth-order valence-electron chi connectivity index (χ4n) is 1.48. The van der Waals surface area contributed by atoms with Crippen molar-refractivity contribution in [1.29, 1.82) is 0 Å². The van der Waals surface area contributed by atoms with Crippen molar-refractivity contribution in [2.45, 2.75) is 25.5 Å². The van der Waals surface area contributed by atoms with Gasteiger partial charge < -0.3 is 19.7 Å². The third-order valence-corrected chi connectivity index (χ3v) is 2.34. The van der Waals surface area contributed by atoms with E-state index in [0.717, 1.165) is 32.5 Å². The Hall–Kier alpha value is -0.910. The fraction of sp³-hybridized carbons (Fsp3) is 0.727. The van der Waals surface area contributed by atoms with Gasteiger partial charge in [-0.05, 0) is 25.9 Å². The average molecular weight is 227 g/mol. The minimum Gasteiger partial charge on any atom is -0.391 e. The number of aromatic nitrogens is 2. The van der Waals surface area contributed by atoms with E-state index in [0.29, 0.717) is 6.61 Å². The molecule has 1 rings (SSSR count). The molecule has 1 atom stereocenters. The standard InChI is InChI=1S/C11H21N3O2/c1-16-9-11(15)3-5-12-4-2-7-14-8-6-13-10-14/h6,8,10-12,15H,2-5,7,9H2,1H3. The van der Waals surface area contributed by atoms with Crippen LogP contribution >= 0.6 is 0 Å². The minimum atomic E-state index is -0.355. The summed E-state index contributed by atoms with van der Waals surface area (Å²) in [5, 5.41) is 12.7. The highest BCUT2D eigenvalue weighted by molar-refractivity contribution is 4.73. The van der Waals surface area contributed by atoms with Crippen LogP contribution in [0.15, 0.2) is 18.7 Å². The Morgan fingerprint density at radius 3 is 3.06 bits per heavy atom. The Bertz CT molecular complexity index is 252. The number of ether oxygens (including phenoxy) is 1. The second-order valence-corrected chi connectivity index (χ2v) is 3.80. The molecule has 0 radical (unpaired) electrons. The molecule has 0 fully saturated rings. The van der Waals surface area contributed by atoms with Gasteiger partial charge in [-0.25, -0.2) is 4.98 Å². The van der Waals surface area contributed by atoms with Gasteiger partial charge in [0.25, 0.3) is 0 Å². The van der Waals surface area contributed by atoms with Gasteiger partial charge in [0, 0.05) is 26.0 Å². The molecule has 5 heteroatoms. The Balaban J connectivity index is 1.88. The van der Waals surface area contributed by atoms with E-state index in [1.165, 1.54) is 0 Å². The van der Waals surface area contributed by atoms with Crippen LogP contribution in [0.3, 0.4) is 0 Å². The molecular formula is C11H21N3O2. The summed E-state index contributed by atoms with van der Waals surface area (Å²) < 4.78 is 6.90. The summed E-state index contributed by atoms with van der Waals surface area (Å²) in [6.45, 7) is 3.18. The first-order valence-corrected chi connectivity index (χ1v) is 5.66. The number of methoxy groups -OCH3 is 1. The number of nitrogens with zero attached hydrogens (tertiary/aromatic N) is 2. The van der Waals surface area contributed by atoms with Gasteiger partial charge in [0.1, 0.15) is 0 Å². The number of aliphatic hydroxyl groups is 1. The lowest BCUT2D eigenvalue weighted by Crippen LogP contribution is -2.24. The van der Waals surface area contributed by atoms with Crippen LogP contribution in [0.2, 0.25) is 0 Å². The summed E-state index contributed by atoms with van der Waals surface area (Å²) in [4.78, 5) is 3.98. The monoisotopic (exact) mass is 227 g/mol. The third-order valence-electron chi connectivity index (χ3n) is 2.34. The molecule has 0 aliphatic rings. The first-order chi connectivity index (χ1) is 7.83. The van der Waals surface area contributed by atoms with Crippen molar-refractivity contribution >= 4 is 0 Å². The molecule has 0 saturated heterocycles. The van der Waals surface area contributed by atoms with Crippen molar-refractivity contribution in [1.82, 2.24) is 14.9 Å². The van der Waals surface area contributed by atoms with Crippen LogP contribution in [0.1, 0.15) is 12.8 Å². The Morgan fingerprint density at radius 1 is 1.50 bits per heavy atom. The minimum absolute atomic E-state index is 0.355. The van der Waals surface area contributed by atoms with E-state index in [9.17, 15) is 5.11 Å². The van der Waals surface area contributed by atoms with Gasteiger partial charge in [0.15, 0.2) is 0 Å². The second-order valence-electron chi connectivity index (χ2n) is 3.80. The van der Waals surface area contributed by atoms with Crippen LogP contribution < -0.4 is 5.32 Å². The molecule has 1 heterocycles. The molecular weight excluding hydrogens is 206 g/mol. The molecule has 1 unspecified atom stereocenters. The smallest absolute Gasteiger partial charge is 0.0945 e. The summed E-state index contributed by atoms with van der Waals surface area (Å²) in [5.74, 6) is 0. The maximum atomic E-state index is 9.38. The highest BCUT2D eigenvalue weighted by atomic mass is 16.5. The molecule has 0 aliphatic carbocycles. The Labute approximate surface area is 96.4 Å². The number of aryl methyl sites for hydroxylation is 1. The third kappa shape index (κ3) is 5.85. The molecule has 5 nitrogen and oxygen atoms in total. The van der Waals surface area contributed by atoms with Crippen molar-refractivity contribution < 1.29 is 9.84 Å². The SMILES string of the molecule is COCC(O)CCNCCCn1ccnc1. The fourth-order valence-corrected chi connectivity index (χ4v) is 1.48. The van der Waals surface area contributed by atoms with Gasteiger partial charge in [-0.3, -0.25) is 0 Å². The van der Waals surface area contributed by atoms with Crippen molar-refractivity contribution in [2.24, 2.45) is 0 Å². The number of hydrogen-bond acceptors (Lipinski definition) is 4. The summed E-state index contributed by atoms with van der Waals surface area (Å²) in [7, 11) is 1.60. The predicted molar refractivity (Wildman–Crippen MR) is 62.2 cm³/mol. The molecule has 0 spiro atoms. The Morgan fingerprint density at radius 2 is 2.38 bits per heavy atom. The molecule has 92 valence electrons. The predicted octanol–water partition coefficient (Wildman–Crippen LogP) is 0.260. The van der Waals surface area contributed by atoms with Crippen LogP contribution in [0, 0.1) is 0 Å². The molecule has 16 heavy (non-hydrogen) atoms. The molecule has 0 aromatic carbocycles. The van der Waals surface area contributed by atoms with Crippen molar-refractivity contribution in [3.05, 3.63) is 18.7 Å². The van der Waals surface area contributed by atoms with Gasteiger partial charge in [-0.15, -0.1) is 0 Å².